The van der Waals surface area contributed by atoms with Crippen molar-refractivity contribution in [1.29, 1.82) is 0 Å². The van der Waals surface area contributed by atoms with E-state index in [9.17, 15) is 4.79 Å². The van der Waals surface area contributed by atoms with Crippen molar-refractivity contribution < 1.29 is 19.0 Å². The Labute approximate surface area is 152 Å². The topological polar surface area (TPSA) is 56.8 Å². The SMILES string of the molecule is CCCOCc1cc(C(=O)Nc2ccc(OC)c(Cl)c2)ccc1OC. The van der Waals surface area contributed by atoms with E-state index in [0.717, 1.165) is 12.0 Å². The van der Waals surface area contributed by atoms with E-state index in [4.69, 9.17) is 25.8 Å². The highest BCUT2D eigenvalue weighted by Crippen LogP contribution is 2.28. The Morgan fingerprint density at radius 1 is 1.08 bits per heavy atom. The predicted octanol–water partition coefficient (Wildman–Crippen LogP) is 4.54. The van der Waals surface area contributed by atoms with Crippen molar-refractivity contribution >= 4 is 23.2 Å². The molecule has 5 nitrogen and oxygen atoms in total. The van der Waals surface area contributed by atoms with E-state index in [0.29, 0.717) is 41.0 Å². The van der Waals surface area contributed by atoms with Crippen LogP contribution in [0.2, 0.25) is 5.02 Å². The number of methoxy groups -OCH3 is 2. The second-order valence-electron chi connectivity index (χ2n) is 5.38. The Morgan fingerprint density at radius 2 is 1.80 bits per heavy atom. The van der Waals surface area contributed by atoms with Crippen LogP contribution >= 0.6 is 11.6 Å². The Balaban J connectivity index is 2.15. The summed E-state index contributed by atoms with van der Waals surface area (Å²) >= 11 is 6.09. The van der Waals surface area contributed by atoms with Crippen molar-refractivity contribution in [3.8, 4) is 11.5 Å². The highest BCUT2D eigenvalue weighted by atomic mass is 35.5. The van der Waals surface area contributed by atoms with Crippen molar-refractivity contribution in [3.05, 3.63) is 52.5 Å². The van der Waals surface area contributed by atoms with Gasteiger partial charge in [-0.3, -0.25) is 4.79 Å². The zero-order chi connectivity index (χ0) is 18.2. The van der Waals surface area contributed by atoms with Gasteiger partial charge in [-0.2, -0.15) is 0 Å². The quantitative estimate of drug-likeness (QED) is 0.700. The van der Waals surface area contributed by atoms with Gasteiger partial charge in [-0.05, 0) is 42.8 Å². The first kappa shape index (κ1) is 19.1. The van der Waals surface area contributed by atoms with Crippen LogP contribution in [0.4, 0.5) is 5.69 Å². The summed E-state index contributed by atoms with van der Waals surface area (Å²) in [5, 5.41) is 3.26. The van der Waals surface area contributed by atoms with Crippen LogP contribution in [0.1, 0.15) is 29.3 Å². The van der Waals surface area contributed by atoms with E-state index in [1.54, 1.807) is 50.6 Å². The number of halogens is 1. The second-order valence-corrected chi connectivity index (χ2v) is 5.79. The Kier molecular flexibility index (Phi) is 7.10. The van der Waals surface area contributed by atoms with Crippen LogP contribution in [0.3, 0.4) is 0 Å². The molecule has 2 aromatic rings. The minimum Gasteiger partial charge on any atom is -0.496 e. The third-order valence-electron chi connectivity index (χ3n) is 3.56. The van der Waals surface area contributed by atoms with Gasteiger partial charge in [0.2, 0.25) is 0 Å². The van der Waals surface area contributed by atoms with Crippen molar-refractivity contribution in [1.82, 2.24) is 0 Å². The second kappa shape index (κ2) is 9.30. The van der Waals surface area contributed by atoms with Gasteiger partial charge in [0.05, 0.1) is 25.8 Å². The molecule has 2 rings (SSSR count). The van der Waals surface area contributed by atoms with Crippen molar-refractivity contribution in [2.24, 2.45) is 0 Å². The van der Waals surface area contributed by atoms with E-state index in [2.05, 4.69) is 5.32 Å². The lowest BCUT2D eigenvalue weighted by molar-refractivity contribution is 0.102. The molecule has 0 unspecified atom stereocenters. The summed E-state index contributed by atoms with van der Waals surface area (Å²) in [6.07, 6.45) is 0.931. The van der Waals surface area contributed by atoms with E-state index in [-0.39, 0.29) is 5.91 Å². The summed E-state index contributed by atoms with van der Waals surface area (Å²) in [6, 6.07) is 10.3. The number of hydrogen-bond acceptors (Lipinski definition) is 4. The molecule has 0 saturated heterocycles. The van der Waals surface area contributed by atoms with Gasteiger partial charge in [0, 0.05) is 23.4 Å². The van der Waals surface area contributed by atoms with Crippen LogP contribution in [0.15, 0.2) is 36.4 Å². The molecule has 0 saturated carbocycles. The molecule has 1 N–H and O–H groups in total. The van der Waals surface area contributed by atoms with Crippen LogP contribution in [0, 0.1) is 0 Å². The first-order valence-corrected chi connectivity index (χ1v) is 8.36. The average Bonchev–Trinajstić information content (AvgIpc) is 2.62. The molecule has 0 aliphatic rings. The van der Waals surface area contributed by atoms with E-state index in [1.807, 2.05) is 6.92 Å². The van der Waals surface area contributed by atoms with Gasteiger partial charge >= 0.3 is 0 Å². The van der Waals surface area contributed by atoms with Gasteiger partial charge in [-0.25, -0.2) is 0 Å². The largest absolute Gasteiger partial charge is 0.496 e. The molecule has 0 spiro atoms. The lowest BCUT2D eigenvalue weighted by Crippen LogP contribution is -2.12. The van der Waals surface area contributed by atoms with Crippen molar-refractivity contribution in [2.45, 2.75) is 20.0 Å². The maximum atomic E-state index is 12.5. The highest BCUT2D eigenvalue weighted by molar-refractivity contribution is 6.32. The Morgan fingerprint density at radius 3 is 2.44 bits per heavy atom. The Bertz CT molecular complexity index is 733. The lowest BCUT2D eigenvalue weighted by atomic mass is 10.1. The monoisotopic (exact) mass is 363 g/mol. The van der Waals surface area contributed by atoms with Crippen molar-refractivity contribution in [3.63, 3.8) is 0 Å². The van der Waals surface area contributed by atoms with Gasteiger partial charge in [0.15, 0.2) is 0 Å². The summed E-state index contributed by atoms with van der Waals surface area (Å²) in [5.74, 6) is 1.01. The number of nitrogens with one attached hydrogen (secondary N) is 1. The highest BCUT2D eigenvalue weighted by Gasteiger charge is 2.12. The molecule has 0 aromatic heterocycles. The molecule has 0 heterocycles. The van der Waals surface area contributed by atoms with Crippen LogP contribution < -0.4 is 14.8 Å². The molecule has 0 aliphatic heterocycles. The number of ether oxygens (including phenoxy) is 3. The summed E-state index contributed by atoms with van der Waals surface area (Å²) in [7, 11) is 3.14. The number of carbonyl (C=O) groups is 1. The minimum atomic E-state index is -0.236. The molecule has 0 radical (unpaired) electrons. The predicted molar refractivity (Wildman–Crippen MR) is 98.9 cm³/mol. The standard InChI is InChI=1S/C19H22ClNO4/c1-4-9-25-12-14-10-13(5-7-17(14)23-2)19(22)21-15-6-8-18(24-3)16(20)11-15/h5-8,10-11H,4,9,12H2,1-3H3,(H,21,22). The van der Waals surface area contributed by atoms with Gasteiger partial charge in [-0.15, -0.1) is 0 Å². The molecule has 25 heavy (non-hydrogen) atoms. The van der Waals surface area contributed by atoms with Crippen LogP contribution in [-0.4, -0.2) is 26.7 Å². The molecule has 134 valence electrons. The summed E-state index contributed by atoms with van der Waals surface area (Å²) in [5.41, 5.74) is 1.94. The lowest BCUT2D eigenvalue weighted by Gasteiger charge is -2.12. The number of hydrogen-bond donors (Lipinski definition) is 1. The fraction of sp³-hybridized carbons (Fsp3) is 0.316. The van der Waals surface area contributed by atoms with Gasteiger partial charge in [0.25, 0.3) is 5.91 Å². The molecular weight excluding hydrogens is 342 g/mol. The molecule has 6 heteroatoms. The Hall–Kier alpha value is -2.24. The fourth-order valence-electron chi connectivity index (χ4n) is 2.31. The first-order chi connectivity index (χ1) is 12.1. The number of rotatable bonds is 8. The summed E-state index contributed by atoms with van der Waals surface area (Å²) in [6.45, 7) is 3.09. The normalized spacial score (nSPS) is 10.4. The maximum Gasteiger partial charge on any atom is 0.255 e. The molecule has 0 fully saturated rings. The molecule has 0 aliphatic carbocycles. The molecule has 0 bridgehead atoms. The zero-order valence-corrected chi connectivity index (χ0v) is 15.4. The van der Waals surface area contributed by atoms with Crippen LogP contribution in [0.25, 0.3) is 0 Å². The summed E-state index contributed by atoms with van der Waals surface area (Å²) < 4.78 is 16.0. The van der Waals surface area contributed by atoms with Crippen LogP contribution in [-0.2, 0) is 11.3 Å². The third-order valence-corrected chi connectivity index (χ3v) is 3.85. The van der Waals surface area contributed by atoms with Gasteiger partial charge in [0.1, 0.15) is 11.5 Å². The fourth-order valence-corrected chi connectivity index (χ4v) is 2.56. The van der Waals surface area contributed by atoms with Gasteiger partial charge in [-0.1, -0.05) is 18.5 Å². The van der Waals surface area contributed by atoms with Gasteiger partial charge < -0.3 is 19.5 Å². The number of carbonyl (C=O) groups excluding carboxylic acids is 1. The first-order valence-electron chi connectivity index (χ1n) is 7.98. The molecular formula is C19H22ClNO4. The average molecular weight is 364 g/mol. The minimum absolute atomic E-state index is 0.236. The number of anilines is 1. The van der Waals surface area contributed by atoms with Crippen LogP contribution in [0.5, 0.6) is 11.5 Å². The molecule has 1 amide bonds. The van der Waals surface area contributed by atoms with E-state index < -0.39 is 0 Å². The third kappa shape index (κ3) is 5.11. The van der Waals surface area contributed by atoms with Crippen molar-refractivity contribution in [2.75, 3.05) is 26.1 Å². The zero-order valence-electron chi connectivity index (χ0n) is 14.6. The number of amides is 1. The smallest absolute Gasteiger partial charge is 0.255 e. The molecule has 2 aromatic carbocycles. The van der Waals surface area contributed by atoms with E-state index >= 15 is 0 Å². The maximum absolute atomic E-state index is 12.5. The molecule has 0 atom stereocenters. The number of benzene rings is 2. The van der Waals surface area contributed by atoms with E-state index in [1.165, 1.54) is 0 Å². The summed E-state index contributed by atoms with van der Waals surface area (Å²) in [4.78, 5) is 12.5.